The third kappa shape index (κ3) is 6.84. The summed E-state index contributed by atoms with van der Waals surface area (Å²) in [6, 6.07) is 6.09. The maximum Gasteiger partial charge on any atom is 0.267 e. The summed E-state index contributed by atoms with van der Waals surface area (Å²) in [5, 5.41) is 13.8. The lowest BCUT2D eigenvalue weighted by Crippen LogP contribution is -2.49. The lowest BCUT2D eigenvalue weighted by molar-refractivity contribution is -0.140. The summed E-state index contributed by atoms with van der Waals surface area (Å²) in [6.45, 7) is 7.25. The zero-order valence-corrected chi connectivity index (χ0v) is 21.9. The normalized spacial score (nSPS) is 17.1. The standard InChI is InChI=1S/C24H26FN7O4.C2H6/c1-24(2)22(35)31-17-10-15(8-9-18(17)36-24)29-20-16(25)11-28-23(32-20)30-14-6-4-13(5-7-14)21(34)27-12-19(33)26-3;1-2/h4-9,11,15H,10,12H2,1-3H3,(H,26,33)(H,27,34)(H,31,35)(H2,28,29,30,32);1-2H3. The maximum absolute atomic E-state index is 14.4. The predicted molar refractivity (Wildman–Crippen MR) is 141 cm³/mol. The van der Waals surface area contributed by atoms with Crippen LogP contribution >= 0.6 is 0 Å². The SMILES string of the molecule is CC.CNC(=O)CNC(=O)c1ccc(Nc2ncc(F)c(NC3C=CC4=C(C3)NC(=O)C(C)(C)O4)n2)cc1. The van der Waals surface area contributed by atoms with Gasteiger partial charge in [-0.15, -0.1) is 0 Å². The minimum absolute atomic E-state index is 0.0141. The number of allylic oxidation sites excluding steroid dienone is 1. The van der Waals surface area contributed by atoms with Crippen molar-refractivity contribution in [2.45, 2.75) is 45.8 Å². The first kappa shape index (κ1) is 28.1. The number of likely N-dealkylation sites (N-methyl/N-ethyl adjacent to an activating group) is 1. The molecule has 1 unspecified atom stereocenters. The van der Waals surface area contributed by atoms with Crippen LogP contribution < -0.4 is 26.6 Å². The van der Waals surface area contributed by atoms with Gasteiger partial charge in [0.25, 0.3) is 11.8 Å². The number of amides is 3. The third-order valence-electron chi connectivity index (χ3n) is 5.54. The van der Waals surface area contributed by atoms with Crippen molar-refractivity contribution in [2.75, 3.05) is 24.2 Å². The fourth-order valence-electron chi connectivity index (χ4n) is 3.50. The van der Waals surface area contributed by atoms with Gasteiger partial charge in [0.05, 0.1) is 24.5 Å². The van der Waals surface area contributed by atoms with E-state index in [0.717, 1.165) is 6.20 Å². The van der Waals surface area contributed by atoms with Crippen molar-refractivity contribution in [2.24, 2.45) is 0 Å². The van der Waals surface area contributed by atoms with Gasteiger partial charge in [0.15, 0.2) is 17.2 Å². The van der Waals surface area contributed by atoms with Gasteiger partial charge in [-0.25, -0.2) is 9.37 Å². The van der Waals surface area contributed by atoms with Gasteiger partial charge in [-0.3, -0.25) is 14.4 Å². The van der Waals surface area contributed by atoms with Crippen LogP contribution in [0.1, 0.15) is 44.5 Å². The number of hydrogen-bond donors (Lipinski definition) is 5. The monoisotopic (exact) mass is 525 g/mol. The Balaban J connectivity index is 0.00000195. The Kier molecular flexibility index (Phi) is 9.00. The van der Waals surface area contributed by atoms with Crippen molar-refractivity contribution in [3.63, 3.8) is 0 Å². The number of aromatic nitrogens is 2. The van der Waals surface area contributed by atoms with Gasteiger partial charge in [0, 0.05) is 24.7 Å². The summed E-state index contributed by atoms with van der Waals surface area (Å²) in [5.74, 6) is -0.871. The number of benzene rings is 1. The number of hydrogen-bond acceptors (Lipinski definition) is 8. The predicted octanol–water partition coefficient (Wildman–Crippen LogP) is 2.74. The number of carbonyl (C=O) groups is 3. The molecule has 0 fully saturated rings. The fraction of sp³-hybridized carbons (Fsp3) is 0.346. The Bertz CT molecular complexity index is 1260. The first-order valence-corrected chi connectivity index (χ1v) is 12.2. The fourth-order valence-corrected chi connectivity index (χ4v) is 3.50. The first-order valence-electron chi connectivity index (χ1n) is 12.2. The average Bonchev–Trinajstić information content (AvgIpc) is 2.91. The van der Waals surface area contributed by atoms with Gasteiger partial charge in [-0.05, 0) is 44.2 Å². The van der Waals surface area contributed by atoms with Crippen LogP contribution in [0.3, 0.4) is 0 Å². The molecular formula is C26H32FN7O4. The Morgan fingerprint density at radius 2 is 1.92 bits per heavy atom. The molecule has 5 N–H and O–H groups in total. The van der Waals surface area contributed by atoms with E-state index < -0.39 is 17.3 Å². The van der Waals surface area contributed by atoms with Crippen molar-refractivity contribution in [1.29, 1.82) is 0 Å². The third-order valence-corrected chi connectivity index (χ3v) is 5.54. The van der Waals surface area contributed by atoms with E-state index in [1.54, 1.807) is 44.2 Å². The molecule has 0 saturated carbocycles. The summed E-state index contributed by atoms with van der Waals surface area (Å²) in [7, 11) is 1.48. The zero-order chi connectivity index (χ0) is 27.9. The van der Waals surface area contributed by atoms with Gasteiger partial charge in [-0.1, -0.05) is 19.9 Å². The number of nitrogens with one attached hydrogen (secondary N) is 5. The van der Waals surface area contributed by atoms with E-state index in [-0.39, 0.29) is 36.2 Å². The van der Waals surface area contributed by atoms with Crippen LogP contribution in [0.4, 0.5) is 21.8 Å². The maximum atomic E-state index is 14.4. The number of carbonyl (C=O) groups excluding carboxylic acids is 3. The number of nitrogens with zero attached hydrogens (tertiary/aromatic N) is 2. The van der Waals surface area contributed by atoms with E-state index in [9.17, 15) is 18.8 Å². The summed E-state index contributed by atoms with van der Waals surface area (Å²) in [5.41, 5.74) is 0.599. The highest BCUT2D eigenvalue weighted by molar-refractivity contribution is 5.96. The molecule has 1 aromatic heterocycles. The van der Waals surface area contributed by atoms with Gasteiger partial charge < -0.3 is 31.3 Å². The quantitative estimate of drug-likeness (QED) is 0.371. The number of anilines is 3. The van der Waals surface area contributed by atoms with Crippen LogP contribution in [0, 0.1) is 5.82 Å². The molecule has 1 aliphatic carbocycles. The van der Waals surface area contributed by atoms with Crippen molar-refractivity contribution in [3.05, 3.63) is 65.5 Å². The minimum Gasteiger partial charge on any atom is -0.476 e. The first-order chi connectivity index (χ1) is 18.1. The molecule has 11 nitrogen and oxygen atoms in total. The summed E-state index contributed by atoms with van der Waals surface area (Å²) < 4.78 is 20.2. The van der Waals surface area contributed by atoms with Crippen LogP contribution in [0.15, 0.2) is 54.1 Å². The van der Waals surface area contributed by atoms with E-state index in [1.165, 1.54) is 7.05 Å². The highest BCUT2D eigenvalue weighted by atomic mass is 19.1. The lowest BCUT2D eigenvalue weighted by Gasteiger charge is -2.35. The molecule has 0 bridgehead atoms. The van der Waals surface area contributed by atoms with Crippen LogP contribution in [-0.2, 0) is 14.3 Å². The number of halogens is 1. The van der Waals surface area contributed by atoms with Gasteiger partial charge >= 0.3 is 0 Å². The molecule has 3 amide bonds. The lowest BCUT2D eigenvalue weighted by atomic mass is 9.99. The second kappa shape index (κ2) is 12.2. The molecule has 2 aliphatic rings. The van der Waals surface area contributed by atoms with Gasteiger partial charge in [0.2, 0.25) is 11.9 Å². The van der Waals surface area contributed by atoms with E-state index in [0.29, 0.717) is 29.1 Å². The highest BCUT2D eigenvalue weighted by Crippen LogP contribution is 2.29. The zero-order valence-electron chi connectivity index (χ0n) is 21.9. The van der Waals surface area contributed by atoms with Crippen LogP contribution in [0.5, 0.6) is 0 Å². The Morgan fingerprint density at radius 1 is 1.21 bits per heavy atom. The van der Waals surface area contributed by atoms with Crippen LogP contribution in [0.2, 0.25) is 0 Å². The van der Waals surface area contributed by atoms with E-state index in [4.69, 9.17) is 4.74 Å². The van der Waals surface area contributed by atoms with Gasteiger partial charge in [0.1, 0.15) is 5.76 Å². The topological polar surface area (TPSA) is 146 Å². The highest BCUT2D eigenvalue weighted by Gasteiger charge is 2.37. The number of rotatable bonds is 7. The summed E-state index contributed by atoms with van der Waals surface area (Å²) in [6.07, 6.45) is 4.98. The minimum atomic E-state index is -0.962. The van der Waals surface area contributed by atoms with Crippen molar-refractivity contribution in [1.82, 2.24) is 25.9 Å². The van der Waals surface area contributed by atoms with Crippen LogP contribution in [0.25, 0.3) is 0 Å². The van der Waals surface area contributed by atoms with Crippen molar-refractivity contribution >= 4 is 35.2 Å². The second-order valence-corrected chi connectivity index (χ2v) is 8.67. The molecule has 12 heteroatoms. The van der Waals surface area contributed by atoms with E-state index in [1.807, 2.05) is 19.9 Å². The smallest absolute Gasteiger partial charge is 0.267 e. The molecule has 1 atom stereocenters. The molecule has 38 heavy (non-hydrogen) atoms. The van der Waals surface area contributed by atoms with Crippen LogP contribution in [-0.4, -0.2) is 52.9 Å². The second-order valence-electron chi connectivity index (χ2n) is 8.67. The van der Waals surface area contributed by atoms with Crippen molar-refractivity contribution < 1.29 is 23.5 Å². The summed E-state index contributed by atoms with van der Waals surface area (Å²) in [4.78, 5) is 43.8. The van der Waals surface area contributed by atoms with Gasteiger partial charge in [-0.2, -0.15) is 4.98 Å². The summed E-state index contributed by atoms with van der Waals surface area (Å²) >= 11 is 0. The van der Waals surface area contributed by atoms with E-state index >= 15 is 0 Å². The molecule has 4 rings (SSSR count). The van der Waals surface area contributed by atoms with E-state index in [2.05, 4.69) is 36.6 Å². The molecule has 0 radical (unpaired) electrons. The average molecular weight is 526 g/mol. The molecule has 1 aliphatic heterocycles. The molecule has 202 valence electrons. The molecule has 1 aromatic carbocycles. The largest absolute Gasteiger partial charge is 0.476 e. The molecule has 0 spiro atoms. The molecular weight excluding hydrogens is 493 g/mol. The molecule has 0 saturated heterocycles. The Labute approximate surface area is 220 Å². The Morgan fingerprint density at radius 3 is 2.61 bits per heavy atom. The Hall–Kier alpha value is -4.48. The number of ether oxygens (including phenoxy) is 1. The molecule has 2 aromatic rings. The molecule has 2 heterocycles. The van der Waals surface area contributed by atoms with Crippen molar-refractivity contribution in [3.8, 4) is 0 Å².